The van der Waals surface area contributed by atoms with Crippen LogP contribution in [0.5, 0.6) is 5.75 Å². The Morgan fingerprint density at radius 2 is 1.35 bits per heavy atom. The van der Waals surface area contributed by atoms with Gasteiger partial charge in [-0.1, -0.05) is 59.6 Å². The van der Waals surface area contributed by atoms with Crippen LogP contribution in [0.25, 0.3) is 0 Å². The molecule has 0 saturated carbocycles. The molecular formula is C22H38O. The van der Waals surface area contributed by atoms with Crippen LogP contribution in [0.15, 0.2) is 12.1 Å². The largest absolute Gasteiger partial charge is 0.487 e. The minimum Gasteiger partial charge on any atom is -0.487 e. The number of hydrogen-bond acceptors (Lipinski definition) is 1. The van der Waals surface area contributed by atoms with Crippen molar-refractivity contribution in [3.8, 4) is 5.75 Å². The van der Waals surface area contributed by atoms with Crippen molar-refractivity contribution in [2.24, 2.45) is 0 Å². The Balaban J connectivity index is 3.20. The van der Waals surface area contributed by atoms with E-state index in [0.29, 0.717) is 0 Å². The average Bonchev–Trinajstić information content (AvgIpc) is 2.51. The predicted molar refractivity (Wildman–Crippen MR) is 103 cm³/mol. The van der Waals surface area contributed by atoms with Gasteiger partial charge in [-0.2, -0.15) is 0 Å². The molecule has 0 bridgehead atoms. The molecule has 132 valence electrons. The van der Waals surface area contributed by atoms with Crippen molar-refractivity contribution in [1.82, 2.24) is 0 Å². The summed E-state index contributed by atoms with van der Waals surface area (Å²) in [7, 11) is 0. The number of ether oxygens (including phenoxy) is 1. The third kappa shape index (κ3) is 4.75. The fourth-order valence-electron chi connectivity index (χ4n) is 3.61. The molecule has 1 aromatic carbocycles. The molecule has 0 N–H and O–H groups in total. The quantitative estimate of drug-likeness (QED) is 0.471. The molecule has 1 nitrogen and oxygen atoms in total. The zero-order chi connectivity index (χ0) is 17.7. The van der Waals surface area contributed by atoms with E-state index in [1.807, 2.05) is 0 Å². The van der Waals surface area contributed by atoms with Crippen molar-refractivity contribution in [2.75, 3.05) is 0 Å². The fraction of sp³-hybridized carbons (Fsp3) is 0.727. The molecule has 0 aliphatic carbocycles. The zero-order valence-corrected chi connectivity index (χ0v) is 16.8. The monoisotopic (exact) mass is 318 g/mol. The van der Waals surface area contributed by atoms with Crippen LogP contribution in [0, 0.1) is 13.8 Å². The molecule has 0 saturated heterocycles. The van der Waals surface area contributed by atoms with Gasteiger partial charge >= 0.3 is 0 Å². The highest BCUT2D eigenvalue weighted by Crippen LogP contribution is 2.38. The summed E-state index contributed by atoms with van der Waals surface area (Å²) in [6, 6.07) is 4.73. The van der Waals surface area contributed by atoms with Crippen molar-refractivity contribution in [1.29, 1.82) is 0 Å². The summed E-state index contributed by atoms with van der Waals surface area (Å²) >= 11 is 0. The van der Waals surface area contributed by atoms with E-state index in [9.17, 15) is 0 Å². The summed E-state index contributed by atoms with van der Waals surface area (Å²) < 4.78 is 6.51. The lowest BCUT2D eigenvalue weighted by Crippen LogP contribution is -2.32. The molecule has 2 atom stereocenters. The summed E-state index contributed by atoms with van der Waals surface area (Å²) in [5.41, 5.74) is 4.26. The first-order chi connectivity index (χ1) is 10.7. The molecule has 1 rings (SSSR count). The van der Waals surface area contributed by atoms with Crippen LogP contribution >= 0.6 is 0 Å². The summed E-state index contributed by atoms with van der Waals surface area (Å²) in [6.07, 6.45) is 6.96. The number of aryl methyl sites for hydroxylation is 2. The molecule has 0 radical (unpaired) electrons. The highest BCUT2D eigenvalue weighted by molar-refractivity contribution is 5.46. The van der Waals surface area contributed by atoms with Gasteiger partial charge in [0, 0.05) is 0 Å². The van der Waals surface area contributed by atoms with Crippen LogP contribution in [0.4, 0.5) is 0 Å². The standard InChI is InChI=1S/C22H38O/c1-9-13-21(7,11-3)19-15-17(5)20(18(6)16-19)23-22(8,12-4)14-10-2/h15-16H,9-14H2,1-8H3. The minimum atomic E-state index is -0.0523. The molecule has 1 heteroatoms. The van der Waals surface area contributed by atoms with Crippen molar-refractivity contribution in [2.45, 2.75) is 105 Å². The minimum absolute atomic E-state index is 0.0523. The first kappa shape index (κ1) is 20.1. The van der Waals surface area contributed by atoms with Gasteiger partial charge < -0.3 is 4.74 Å². The number of hydrogen-bond donors (Lipinski definition) is 0. The molecule has 0 heterocycles. The van der Waals surface area contributed by atoms with E-state index < -0.39 is 0 Å². The molecule has 0 spiro atoms. The fourth-order valence-corrected chi connectivity index (χ4v) is 3.61. The number of benzene rings is 1. The van der Waals surface area contributed by atoms with Crippen LogP contribution in [0.1, 0.15) is 96.8 Å². The van der Waals surface area contributed by atoms with Crippen LogP contribution < -0.4 is 4.74 Å². The van der Waals surface area contributed by atoms with Gasteiger partial charge in [0.2, 0.25) is 0 Å². The SMILES string of the molecule is CCCC(C)(CC)Oc1c(C)cc(C(C)(CC)CCC)cc1C. The summed E-state index contributed by atoms with van der Waals surface area (Å²) in [5.74, 6) is 1.10. The maximum atomic E-state index is 6.51. The van der Waals surface area contributed by atoms with Crippen molar-refractivity contribution in [3.63, 3.8) is 0 Å². The van der Waals surface area contributed by atoms with E-state index in [-0.39, 0.29) is 11.0 Å². The number of rotatable bonds is 9. The van der Waals surface area contributed by atoms with E-state index in [2.05, 4.69) is 67.5 Å². The first-order valence-corrected chi connectivity index (χ1v) is 9.56. The highest BCUT2D eigenvalue weighted by Gasteiger charge is 2.28. The van der Waals surface area contributed by atoms with Crippen molar-refractivity contribution in [3.05, 3.63) is 28.8 Å². The van der Waals surface area contributed by atoms with Crippen molar-refractivity contribution < 1.29 is 4.74 Å². The van der Waals surface area contributed by atoms with Gasteiger partial charge in [-0.05, 0) is 68.6 Å². The third-order valence-corrected chi connectivity index (χ3v) is 5.61. The van der Waals surface area contributed by atoms with E-state index >= 15 is 0 Å². The van der Waals surface area contributed by atoms with Gasteiger partial charge in [-0.15, -0.1) is 0 Å². The lowest BCUT2D eigenvalue weighted by molar-refractivity contribution is 0.0724. The van der Waals surface area contributed by atoms with Gasteiger partial charge in [-0.3, -0.25) is 0 Å². The third-order valence-electron chi connectivity index (χ3n) is 5.61. The van der Waals surface area contributed by atoms with E-state index in [1.54, 1.807) is 0 Å². The molecule has 1 aromatic rings. The van der Waals surface area contributed by atoms with Crippen LogP contribution in [-0.2, 0) is 5.41 Å². The predicted octanol–water partition coefficient (Wildman–Crippen LogP) is 7.12. The Morgan fingerprint density at radius 3 is 1.74 bits per heavy atom. The van der Waals surface area contributed by atoms with Gasteiger partial charge in [0.25, 0.3) is 0 Å². The Labute approximate surface area is 144 Å². The smallest absolute Gasteiger partial charge is 0.125 e. The van der Waals surface area contributed by atoms with Crippen molar-refractivity contribution >= 4 is 0 Å². The van der Waals surface area contributed by atoms with E-state index in [4.69, 9.17) is 4.74 Å². The molecule has 0 fully saturated rings. The van der Waals surface area contributed by atoms with Crippen LogP contribution in [0.3, 0.4) is 0 Å². The molecule has 0 amide bonds. The molecular weight excluding hydrogens is 280 g/mol. The summed E-state index contributed by atoms with van der Waals surface area (Å²) in [5, 5.41) is 0. The van der Waals surface area contributed by atoms with Gasteiger partial charge in [0.15, 0.2) is 0 Å². The second-order valence-electron chi connectivity index (χ2n) is 7.76. The first-order valence-electron chi connectivity index (χ1n) is 9.56. The maximum Gasteiger partial charge on any atom is 0.125 e. The topological polar surface area (TPSA) is 9.23 Å². The summed E-state index contributed by atoms with van der Waals surface area (Å²) in [4.78, 5) is 0. The van der Waals surface area contributed by atoms with E-state index in [1.165, 1.54) is 36.0 Å². The van der Waals surface area contributed by atoms with Crippen LogP contribution in [-0.4, -0.2) is 5.60 Å². The van der Waals surface area contributed by atoms with Gasteiger partial charge in [0.1, 0.15) is 11.4 Å². The zero-order valence-electron chi connectivity index (χ0n) is 16.8. The molecule has 0 aliphatic rings. The van der Waals surface area contributed by atoms with Crippen LogP contribution in [0.2, 0.25) is 0 Å². The Bertz CT molecular complexity index is 482. The normalized spacial score (nSPS) is 16.7. The lowest BCUT2D eigenvalue weighted by Gasteiger charge is -2.33. The molecule has 0 aliphatic heterocycles. The summed E-state index contributed by atoms with van der Waals surface area (Å²) in [6.45, 7) is 18.1. The Hall–Kier alpha value is -0.980. The Kier molecular flexibility index (Phi) is 7.17. The highest BCUT2D eigenvalue weighted by atomic mass is 16.5. The van der Waals surface area contributed by atoms with Gasteiger partial charge in [0.05, 0.1) is 0 Å². The van der Waals surface area contributed by atoms with Gasteiger partial charge in [-0.25, -0.2) is 0 Å². The lowest BCUT2D eigenvalue weighted by atomic mass is 9.75. The second-order valence-corrected chi connectivity index (χ2v) is 7.76. The Morgan fingerprint density at radius 1 is 0.826 bits per heavy atom. The maximum absolute atomic E-state index is 6.51. The van der Waals surface area contributed by atoms with E-state index in [0.717, 1.165) is 25.0 Å². The average molecular weight is 319 g/mol. The molecule has 2 unspecified atom stereocenters. The second kappa shape index (κ2) is 8.22. The molecule has 0 aromatic heterocycles. The molecule has 23 heavy (non-hydrogen) atoms.